The van der Waals surface area contributed by atoms with Crippen LogP contribution in [-0.4, -0.2) is 18.1 Å². The molecule has 1 N–H and O–H groups in total. The maximum atomic E-state index is 11.3. The first-order valence-electron chi connectivity index (χ1n) is 4.73. The van der Waals surface area contributed by atoms with E-state index < -0.39 is 0 Å². The van der Waals surface area contributed by atoms with Crippen LogP contribution in [0.4, 0.5) is 5.69 Å². The van der Waals surface area contributed by atoms with E-state index in [1.165, 1.54) is 0 Å². The maximum Gasteiger partial charge on any atom is 0.241 e. The molecule has 0 aromatic heterocycles. The van der Waals surface area contributed by atoms with Crippen molar-refractivity contribution in [2.45, 2.75) is 19.5 Å². The van der Waals surface area contributed by atoms with Crippen LogP contribution in [-0.2, 0) is 4.79 Å². The fourth-order valence-corrected chi connectivity index (χ4v) is 1.81. The number of anilines is 1. The molecule has 1 saturated heterocycles. The van der Waals surface area contributed by atoms with Gasteiger partial charge in [0.2, 0.25) is 5.91 Å². The molecule has 3 nitrogen and oxygen atoms in total. The molecule has 1 fully saturated rings. The van der Waals surface area contributed by atoms with Crippen LogP contribution in [0.15, 0.2) is 30.3 Å². The smallest absolute Gasteiger partial charge is 0.241 e. The standard InChI is InChI=1S/C11H14N2O/c1-11(2)12-10(14)8-13(11)9-6-4-3-5-7-9/h3-7H,8H2,1-2H3,(H,12,14). The van der Waals surface area contributed by atoms with Crippen molar-refractivity contribution in [2.75, 3.05) is 11.4 Å². The fraction of sp³-hybridized carbons (Fsp3) is 0.364. The highest BCUT2D eigenvalue weighted by Crippen LogP contribution is 2.24. The molecule has 1 aromatic carbocycles. The molecule has 0 saturated carbocycles. The Balaban J connectivity index is 2.32. The fourth-order valence-electron chi connectivity index (χ4n) is 1.81. The summed E-state index contributed by atoms with van der Waals surface area (Å²) in [6.45, 7) is 4.45. The molecular formula is C11H14N2O. The quantitative estimate of drug-likeness (QED) is 0.725. The number of para-hydroxylation sites is 1. The van der Waals surface area contributed by atoms with E-state index in [1.807, 2.05) is 44.2 Å². The van der Waals surface area contributed by atoms with Gasteiger partial charge >= 0.3 is 0 Å². The van der Waals surface area contributed by atoms with E-state index in [2.05, 4.69) is 10.2 Å². The molecule has 2 rings (SSSR count). The molecule has 1 heterocycles. The zero-order chi connectivity index (χ0) is 10.2. The zero-order valence-corrected chi connectivity index (χ0v) is 8.45. The van der Waals surface area contributed by atoms with Crippen LogP contribution in [0.3, 0.4) is 0 Å². The SMILES string of the molecule is CC1(C)NC(=O)CN1c1ccccc1. The Bertz CT molecular complexity index is 346. The summed E-state index contributed by atoms with van der Waals surface area (Å²) in [5.74, 6) is 0.0823. The average molecular weight is 190 g/mol. The van der Waals surface area contributed by atoms with Crippen molar-refractivity contribution in [3.05, 3.63) is 30.3 Å². The molecule has 1 aromatic rings. The molecule has 0 spiro atoms. The van der Waals surface area contributed by atoms with Crippen molar-refractivity contribution < 1.29 is 4.79 Å². The van der Waals surface area contributed by atoms with E-state index in [0.29, 0.717) is 6.54 Å². The molecule has 0 atom stereocenters. The molecule has 0 radical (unpaired) electrons. The van der Waals surface area contributed by atoms with Gasteiger partial charge in [0.05, 0.1) is 6.54 Å². The average Bonchev–Trinajstić information content (AvgIpc) is 2.41. The van der Waals surface area contributed by atoms with Gasteiger partial charge in [-0.3, -0.25) is 4.79 Å². The topological polar surface area (TPSA) is 32.3 Å². The Kier molecular flexibility index (Phi) is 1.95. The van der Waals surface area contributed by atoms with Crippen LogP contribution < -0.4 is 10.2 Å². The predicted octanol–water partition coefficient (Wildman–Crippen LogP) is 1.36. The zero-order valence-electron chi connectivity index (χ0n) is 8.45. The second-order valence-corrected chi connectivity index (χ2v) is 4.03. The van der Waals surface area contributed by atoms with Gasteiger partial charge in [0.25, 0.3) is 0 Å². The third-order valence-corrected chi connectivity index (χ3v) is 2.49. The van der Waals surface area contributed by atoms with Crippen molar-refractivity contribution in [1.82, 2.24) is 5.32 Å². The Hall–Kier alpha value is -1.51. The monoisotopic (exact) mass is 190 g/mol. The Labute approximate surface area is 83.7 Å². The third kappa shape index (κ3) is 1.45. The summed E-state index contributed by atoms with van der Waals surface area (Å²) in [5.41, 5.74) is 0.800. The van der Waals surface area contributed by atoms with E-state index in [9.17, 15) is 4.79 Å². The predicted molar refractivity (Wildman–Crippen MR) is 56.0 cm³/mol. The van der Waals surface area contributed by atoms with Crippen molar-refractivity contribution in [3.8, 4) is 0 Å². The van der Waals surface area contributed by atoms with Crippen LogP contribution in [0.25, 0.3) is 0 Å². The number of benzene rings is 1. The minimum atomic E-state index is -0.279. The van der Waals surface area contributed by atoms with Crippen LogP contribution >= 0.6 is 0 Å². The summed E-state index contributed by atoms with van der Waals surface area (Å²) in [4.78, 5) is 13.4. The number of hydrogen-bond donors (Lipinski definition) is 1. The van der Waals surface area contributed by atoms with Crippen LogP contribution in [0.1, 0.15) is 13.8 Å². The minimum absolute atomic E-state index is 0.0823. The summed E-state index contributed by atoms with van der Waals surface area (Å²) in [6, 6.07) is 9.97. The number of amides is 1. The summed E-state index contributed by atoms with van der Waals surface area (Å²) in [5, 5.41) is 2.93. The number of carbonyl (C=O) groups excluding carboxylic acids is 1. The summed E-state index contributed by atoms with van der Waals surface area (Å²) >= 11 is 0. The molecule has 0 aliphatic carbocycles. The normalized spacial score (nSPS) is 19.6. The molecule has 3 heteroatoms. The van der Waals surface area contributed by atoms with Gasteiger partial charge in [-0.05, 0) is 26.0 Å². The largest absolute Gasteiger partial charge is 0.340 e. The Morgan fingerprint density at radius 3 is 2.43 bits per heavy atom. The van der Waals surface area contributed by atoms with Gasteiger partial charge in [-0.15, -0.1) is 0 Å². The number of nitrogens with zero attached hydrogens (tertiary/aromatic N) is 1. The second-order valence-electron chi connectivity index (χ2n) is 4.03. The molecule has 1 aliphatic rings. The molecule has 14 heavy (non-hydrogen) atoms. The minimum Gasteiger partial charge on any atom is -0.340 e. The lowest BCUT2D eigenvalue weighted by atomic mass is 10.2. The number of hydrogen-bond acceptors (Lipinski definition) is 2. The highest BCUT2D eigenvalue weighted by atomic mass is 16.2. The third-order valence-electron chi connectivity index (χ3n) is 2.49. The molecule has 74 valence electrons. The molecule has 1 aliphatic heterocycles. The number of rotatable bonds is 1. The molecular weight excluding hydrogens is 176 g/mol. The first kappa shape index (κ1) is 9.06. The lowest BCUT2D eigenvalue weighted by Gasteiger charge is -2.32. The Morgan fingerprint density at radius 1 is 1.29 bits per heavy atom. The van der Waals surface area contributed by atoms with Crippen molar-refractivity contribution in [1.29, 1.82) is 0 Å². The Morgan fingerprint density at radius 2 is 1.93 bits per heavy atom. The van der Waals surface area contributed by atoms with E-state index in [0.717, 1.165) is 5.69 Å². The van der Waals surface area contributed by atoms with Crippen molar-refractivity contribution in [2.24, 2.45) is 0 Å². The highest BCUT2D eigenvalue weighted by Gasteiger charge is 2.36. The summed E-state index contributed by atoms with van der Waals surface area (Å²) < 4.78 is 0. The second kappa shape index (κ2) is 3.01. The maximum absolute atomic E-state index is 11.3. The van der Waals surface area contributed by atoms with Crippen LogP contribution in [0, 0.1) is 0 Å². The van der Waals surface area contributed by atoms with Gasteiger partial charge in [0, 0.05) is 5.69 Å². The molecule has 0 unspecified atom stereocenters. The van der Waals surface area contributed by atoms with Crippen molar-refractivity contribution in [3.63, 3.8) is 0 Å². The van der Waals surface area contributed by atoms with Gasteiger partial charge in [-0.2, -0.15) is 0 Å². The number of nitrogens with one attached hydrogen (secondary N) is 1. The van der Waals surface area contributed by atoms with Gasteiger partial charge in [-0.25, -0.2) is 0 Å². The van der Waals surface area contributed by atoms with Gasteiger partial charge in [-0.1, -0.05) is 18.2 Å². The van der Waals surface area contributed by atoms with E-state index >= 15 is 0 Å². The summed E-state index contributed by atoms with van der Waals surface area (Å²) in [6.07, 6.45) is 0. The summed E-state index contributed by atoms with van der Waals surface area (Å²) in [7, 11) is 0. The van der Waals surface area contributed by atoms with Crippen LogP contribution in [0.2, 0.25) is 0 Å². The molecule has 1 amide bonds. The lowest BCUT2D eigenvalue weighted by Crippen LogP contribution is -2.46. The van der Waals surface area contributed by atoms with E-state index in [4.69, 9.17) is 0 Å². The van der Waals surface area contributed by atoms with E-state index in [-0.39, 0.29) is 11.6 Å². The first-order valence-corrected chi connectivity index (χ1v) is 4.73. The van der Waals surface area contributed by atoms with E-state index in [1.54, 1.807) is 0 Å². The lowest BCUT2D eigenvalue weighted by molar-refractivity contribution is -0.118. The van der Waals surface area contributed by atoms with Gasteiger partial charge in [0.15, 0.2) is 0 Å². The molecule has 0 bridgehead atoms. The first-order chi connectivity index (χ1) is 6.59. The highest BCUT2D eigenvalue weighted by molar-refractivity contribution is 5.86. The van der Waals surface area contributed by atoms with Gasteiger partial charge < -0.3 is 10.2 Å². The van der Waals surface area contributed by atoms with Crippen LogP contribution in [0.5, 0.6) is 0 Å². The number of carbonyl (C=O) groups is 1. The van der Waals surface area contributed by atoms with Crippen molar-refractivity contribution >= 4 is 11.6 Å². The van der Waals surface area contributed by atoms with Gasteiger partial charge in [0.1, 0.15) is 5.66 Å².